The van der Waals surface area contributed by atoms with Crippen molar-refractivity contribution in [1.29, 1.82) is 0 Å². The fraction of sp³-hybridized carbons (Fsp3) is 0.562. The van der Waals surface area contributed by atoms with E-state index in [4.69, 9.17) is 0 Å². The Morgan fingerprint density at radius 2 is 1.85 bits per heavy atom. The van der Waals surface area contributed by atoms with Gasteiger partial charge in [-0.2, -0.15) is 11.8 Å². The summed E-state index contributed by atoms with van der Waals surface area (Å²) in [5.74, 6) is 0.851. The lowest BCUT2D eigenvalue weighted by Gasteiger charge is -2.40. The van der Waals surface area contributed by atoms with E-state index in [-0.39, 0.29) is 10.7 Å². The lowest BCUT2D eigenvalue weighted by atomic mass is 9.97. The van der Waals surface area contributed by atoms with E-state index in [1.165, 1.54) is 0 Å². The van der Waals surface area contributed by atoms with Crippen LogP contribution >= 0.6 is 11.8 Å². The van der Waals surface area contributed by atoms with Crippen molar-refractivity contribution in [2.45, 2.75) is 37.0 Å². The molecular weight excluding hydrogens is 270 g/mol. The van der Waals surface area contributed by atoms with E-state index in [2.05, 4.69) is 13.8 Å². The zero-order valence-corrected chi connectivity index (χ0v) is 12.9. The molecular formula is C16H21NO2S. The highest BCUT2D eigenvalue weighted by Gasteiger charge is 2.45. The smallest absolute Gasteiger partial charge is 0.255 e. The molecule has 0 saturated carbocycles. The molecule has 1 aliphatic carbocycles. The van der Waals surface area contributed by atoms with Gasteiger partial charge in [-0.3, -0.25) is 4.79 Å². The summed E-state index contributed by atoms with van der Waals surface area (Å²) in [5.41, 5.74) is 0.977. The lowest BCUT2D eigenvalue weighted by molar-refractivity contribution is -0.150. The van der Waals surface area contributed by atoms with Crippen molar-refractivity contribution in [2.24, 2.45) is 0 Å². The molecule has 1 aromatic carbocycles. The maximum atomic E-state index is 12.7. The van der Waals surface area contributed by atoms with Crippen molar-refractivity contribution < 1.29 is 9.90 Å². The van der Waals surface area contributed by atoms with Gasteiger partial charge in [0.05, 0.1) is 0 Å². The number of hydrogen-bond donors (Lipinski definition) is 1. The summed E-state index contributed by atoms with van der Waals surface area (Å²) in [4.78, 5) is 14.6. The minimum atomic E-state index is -1.23. The van der Waals surface area contributed by atoms with E-state index < -0.39 is 5.60 Å². The largest absolute Gasteiger partial charge is 0.379 e. The molecule has 1 aliphatic heterocycles. The molecule has 3 rings (SSSR count). The second-order valence-electron chi connectivity index (χ2n) is 6.49. The number of benzene rings is 1. The van der Waals surface area contributed by atoms with E-state index in [1.54, 1.807) is 0 Å². The Bertz CT molecular complexity index is 516. The first-order valence-corrected chi connectivity index (χ1v) is 8.11. The Balaban J connectivity index is 1.78. The normalized spacial score (nSPS) is 23.4. The summed E-state index contributed by atoms with van der Waals surface area (Å²) in [7, 11) is 0. The molecule has 1 amide bonds. The first-order valence-electron chi connectivity index (χ1n) is 7.12. The molecule has 1 fully saturated rings. The molecule has 0 aromatic heterocycles. The van der Waals surface area contributed by atoms with Crippen LogP contribution in [0.5, 0.6) is 0 Å². The zero-order valence-electron chi connectivity index (χ0n) is 12.1. The predicted octanol–water partition coefficient (Wildman–Crippen LogP) is 1.87. The molecule has 0 unspecified atom stereocenters. The monoisotopic (exact) mass is 291 g/mol. The topological polar surface area (TPSA) is 40.5 Å². The Hall–Kier alpha value is -1.00. The van der Waals surface area contributed by atoms with Crippen molar-refractivity contribution in [1.82, 2.24) is 4.90 Å². The van der Waals surface area contributed by atoms with Crippen molar-refractivity contribution in [3.63, 3.8) is 0 Å². The zero-order chi connectivity index (χ0) is 14.4. The molecule has 108 valence electrons. The summed E-state index contributed by atoms with van der Waals surface area (Å²) in [6, 6.07) is 7.96. The number of carbonyl (C=O) groups excluding carboxylic acids is 1. The van der Waals surface area contributed by atoms with Gasteiger partial charge in [0.25, 0.3) is 5.91 Å². The summed E-state index contributed by atoms with van der Waals surface area (Å²) >= 11 is 1.89. The van der Waals surface area contributed by atoms with Crippen molar-refractivity contribution in [3.05, 3.63) is 35.4 Å². The van der Waals surface area contributed by atoms with Crippen LogP contribution in [0.25, 0.3) is 0 Å². The van der Waals surface area contributed by atoms with Gasteiger partial charge in [-0.1, -0.05) is 24.3 Å². The van der Waals surface area contributed by atoms with Gasteiger partial charge in [-0.05, 0) is 25.0 Å². The molecule has 3 nitrogen and oxygen atoms in total. The minimum Gasteiger partial charge on any atom is -0.379 e. The Morgan fingerprint density at radius 1 is 1.25 bits per heavy atom. The molecule has 4 heteroatoms. The quantitative estimate of drug-likeness (QED) is 0.859. The molecule has 1 aromatic rings. The third-order valence-electron chi connectivity index (χ3n) is 4.20. The van der Waals surface area contributed by atoms with Gasteiger partial charge in [0.15, 0.2) is 5.60 Å². The highest BCUT2D eigenvalue weighted by Crippen LogP contribution is 2.35. The number of carbonyl (C=O) groups is 1. The maximum absolute atomic E-state index is 12.7. The number of fused-ring (bicyclic) bond motifs is 1. The van der Waals surface area contributed by atoms with Crippen LogP contribution in [-0.4, -0.2) is 45.1 Å². The molecule has 1 saturated heterocycles. The third-order valence-corrected chi connectivity index (χ3v) is 5.49. The predicted molar refractivity (Wildman–Crippen MR) is 81.9 cm³/mol. The van der Waals surface area contributed by atoms with Crippen molar-refractivity contribution in [2.75, 3.05) is 18.8 Å². The fourth-order valence-corrected chi connectivity index (χ4v) is 4.34. The van der Waals surface area contributed by atoms with Gasteiger partial charge >= 0.3 is 0 Å². The molecule has 2 aliphatic rings. The standard InChI is InChI=1S/C16H21NO2S/c1-15(2)11-17(7-8-20-15)14(18)16(19)9-12-5-3-4-6-13(12)10-16/h3-6,19H,7-11H2,1-2H3. The average molecular weight is 291 g/mol. The minimum absolute atomic E-state index is 0.0791. The number of hydrogen-bond acceptors (Lipinski definition) is 3. The molecule has 0 bridgehead atoms. The highest BCUT2D eigenvalue weighted by molar-refractivity contribution is 8.00. The van der Waals surface area contributed by atoms with Gasteiger partial charge in [0.2, 0.25) is 0 Å². The van der Waals surface area contributed by atoms with Crippen molar-refractivity contribution >= 4 is 17.7 Å². The number of amides is 1. The van der Waals surface area contributed by atoms with Gasteiger partial charge < -0.3 is 10.0 Å². The second-order valence-corrected chi connectivity index (χ2v) is 8.29. The van der Waals surface area contributed by atoms with Crippen LogP contribution in [0.3, 0.4) is 0 Å². The van der Waals surface area contributed by atoms with Crippen LogP contribution in [0.1, 0.15) is 25.0 Å². The summed E-state index contributed by atoms with van der Waals surface area (Å²) in [5, 5.41) is 10.8. The SMILES string of the molecule is CC1(C)CN(C(=O)C2(O)Cc3ccccc3C2)CCS1. The number of rotatable bonds is 1. The summed E-state index contributed by atoms with van der Waals surface area (Å²) in [6.45, 7) is 5.77. The molecule has 0 atom stereocenters. The molecule has 20 heavy (non-hydrogen) atoms. The van der Waals surface area contributed by atoms with E-state index in [0.29, 0.717) is 12.8 Å². The summed E-state index contributed by atoms with van der Waals surface area (Å²) < 4.78 is 0.0791. The van der Waals surface area contributed by atoms with Crippen LogP contribution < -0.4 is 0 Å². The van der Waals surface area contributed by atoms with Crippen LogP contribution in [0.2, 0.25) is 0 Å². The van der Waals surface area contributed by atoms with Gasteiger partial charge in [0, 0.05) is 36.4 Å². The van der Waals surface area contributed by atoms with E-state index in [1.807, 2.05) is 40.9 Å². The van der Waals surface area contributed by atoms with E-state index >= 15 is 0 Å². The fourth-order valence-electron chi connectivity index (χ4n) is 3.23. The van der Waals surface area contributed by atoms with Crippen LogP contribution in [0, 0.1) is 0 Å². The lowest BCUT2D eigenvalue weighted by Crippen LogP contribution is -2.55. The average Bonchev–Trinajstić information content (AvgIpc) is 2.74. The van der Waals surface area contributed by atoms with Crippen LogP contribution in [-0.2, 0) is 17.6 Å². The second kappa shape index (κ2) is 4.78. The number of thioether (sulfide) groups is 1. The first kappa shape index (κ1) is 14.0. The van der Waals surface area contributed by atoms with E-state index in [0.717, 1.165) is 30.0 Å². The molecule has 0 radical (unpaired) electrons. The third kappa shape index (κ3) is 2.47. The highest BCUT2D eigenvalue weighted by atomic mass is 32.2. The summed E-state index contributed by atoms with van der Waals surface area (Å²) in [6.07, 6.45) is 0.901. The first-order chi connectivity index (χ1) is 9.40. The van der Waals surface area contributed by atoms with Gasteiger partial charge in [-0.15, -0.1) is 0 Å². The maximum Gasteiger partial charge on any atom is 0.255 e. The van der Waals surface area contributed by atoms with Crippen LogP contribution in [0.15, 0.2) is 24.3 Å². The number of aliphatic hydroxyl groups is 1. The van der Waals surface area contributed by atoms with Crippen LogP contribution in [0.4, 0.5) is 0 Å². The Morgan fingerprint density at radius 3 is 2.40 bits per heavy atom. The number of nitrogens with zero attached hydrogens (tertiary/aromatic N) is 1. The van der Waals surface area contributed by atoms with Crippen molar-refractivity contribution in [3.8, 4) is 0 Å². The molecule has 1 heterocycles. The van der Waals surface area contributed by atoms with E-state index in [9.17, 15) is 9.90 Å². The van der Waals surface area contributed by atoms with Gasteiger partial charge in [-0.25, -0.2) is 0 Å². The Kier molecular flexibility index (Phi) is 3.33. The molecule has 0 spiro atoms. The van der Waals surface area contributed by atoms with Gasteiger partial charge in [0.1, 0.15) is 0 Å². The molecule has 1 N–H and O–H groups in total. The Labute approximate surface area is 124 Å².